The van der Waals surface area contributed by atoms with Crippen LogP contribution in [-0.2, 0) is 6.42 Å². The van der Waals surface area contributed by atoms with Gasteiger partial charge < -0.3 is 5.32 Å². The van der Waals surface area contributed by atoms with Gasteiger partial charge in [0.2, 0.25) is 0 Å². The summed E-state index contributed by atoms with van der Waals surface area (Å²) in [5, 5.41) is 3.50. The zero-order valence-electron chi connectivity index (χ0n) is 9.59. The van der Waals surface area contributed by atoms with Crippen LogP contribution in [0.3, 0.4) is 0 Å². The number of aryl methyl sites for hydroxylation is 1. The Kier molecular flexibility index (Phi) is 5.96. The van der Waals surface area contributed by atoms with Crippen LogP contribution in [0.2, 0.25) is 0 Å². The topological polar surface area (TPSA) is 12.0 Å². The van der Waals surface area contributed by atoms with Gasteiger partial charge in [-0.2, -0.15) is 0 Å². The average molecular weight is 270 g/mol. The normalized spacial score (nSPS) is 12.7. The van der Waals surface area contributed by atoms with Crippen LogP contribution in [0.25, 0.3) is 0 Å². The lowest BCUT2D eigenvalue weighted by atomic mass is 10.1. The Morgan fingerprint density at radius 3 is 2.53 bits per heavy atom. The Morgan fingerprint density at radius 1 is 1.27 bits per heavy atom. The summed E-state index contributed by atoms with van der Waals surface area (Å²) in [5.41, 5.74) is 1.42. The maximum absolute atomic E-state index is 3.50. The lowest BCUT2D eigenvalue weighted by molar-refractivity contribution is 0.514. The molecule has 84 valence electrons. The second-order valence-corrected chi connectivity index (χ2v) is 4.94. The van der Waals surface area contributed by atoms with Crippen molar-refractivity contribution in [2.45, 2.75) is 39.2 Å². The Hall–Kier alpha value is -0.340. The van der Waals surface area contributed by atoms with Gasteiger partial charge in [0.15, 0.2) is 0 Å². The maximum Gasteiger partial charge on any atom is 0.0175 e. The van der Waals surface area contributed by atoms with E-state index in [0.29, 0.717) is 6.04 Å². The summed E-state index contributed by atoms with van der Waals surface area (Å²) in [7, 11) is 0. The van der Waals surface area contributed by atoms with E-state index in [2.05, 4.69) is 59.4 Å². The van der Waals surface area contributed by atoms with Gasteiger partial charge in [-0.15, -0.1) is 0 Å². The fraction of sp³-hybridized carbons (Fsp3) is 0.538. The van der Waals surface area contributed by atoms with E-state index in [9.17, 15) is 0 Å². The summed E-state index contributed by atoms with van der Waals surface area (Å²) in [6.07, 6.45) is 3.58. The highest BCUT2D eigenvalue weighted by atomic mass is 79.9. The van der Waals surface area contributed by atoms with Gasteiger partial charge in [0, 0.05) is 10.5 Å². The molecule has 0 aromatic heterocycles. The van der Waals surface area contributed by atoms with E-state index in [1.165, 1.54) is 18.4 Å². The highest BCUT2D eigenvalue weighted by Gasteiger charge is 2.00. The van der Waals surface area contributed by atoms with Crippen LogP contribution in [0.15, 0.2) is 28.7 Å². The van der Waals surface area contributed by atoms with Gasteiger partial charge in [-0.1, -0.05) is 35.0 Å². The molecular weight excluding hydrogens is 250 g/mol. The van der Waals surface area contributed by atoms with Gasteiger partial charge in [0.25, 0.3) is 0 Å². The summed E-state index contributed by atoms with van der Waals surface area (Å²) >= 11 is 3.45. The zero-order chi connectivity index (χ0) is 11.1. The number of benzene rings is 1. The molecular formula is C13H20BrN. The van der Waals surface area contributed by atoms with Crippen LogP contribution >= 0.6 is 15.9 Å². The molecule has 0 bridgehead atoms. The van der Waals surface area contributed by atoms with Crippen LogP contribution < -0.4 is 5.32 Å². The first-order valence-corrected chi connectivity index (χ1v) is 6.49. The molecule has 1 N–H and O–H groups in total. The van der Waals surface area contributed by atoms with Gasteiger partial charge in [-0.3, -0.25) is 0 Å². The molecule has 15 heavy (non-hydrogen) atoms. The lowest BCUT2D eigenvalue weighted by Crippen LogP contribution is -2.27. The minimum Gasteiger partial charge on any atom is -0.314 e. The van der Waals surface area contributed by atoms with E-state index < -0.39 is 0 Å². The van der Waals surface area contributed by atoms with Crippen molar-refractivity contribution in [1.82, 2.24) is 5.32 Å². The van der Waals surface area contributed by atoms with Crippen molar-refractivity contribution in [1.29, 1.82) is 0 Å². The molecule has 0 aliphatic rings. The van der Waals surface area contributed by atoms with Crippen molar-refractivity contribution in [3.63, 3.8) is 0 Å². The second-order valence-electron chi connectivity index (χ2n) is 4.02. The Bertz CT molecular complexity index is 268. The Morgan fingerprint density at radius 2 is 1.93 bits per heavy atom. The molecule has 0 saturated heterocycles. The average Bonchev–Trinajstić information content (AvgIpc) is 2.25. The molecule has 0 heterocycles. The molecule has 0 saturated carbocycles. The third-order valence-corrected chi connectivity index (χ3v) is 3.05. The van der Waals surface area contributed by atoms with Crippen molar-refractivity contribution in [2.24, 2.45) is 0 Å². The number of nitrogens with one attached hydrogen (secondary N) is 1. The van der Waals surface area contributed by atoms with E-state index in [4.69, 9.17) is 0 Å². The maximum atomic E-state index is 3.50. The summed E-state index contributed by atoms with van der Waals surface area (Å²) in [6, 6.07) is 9.22. The Labute approximate surface area is 101 Å². The fourth-order valence-corrected chi connectivity index (χ4v) is 1.79. The van der Waals surface area contributed by atoms with Crippen molar-refractivity contribution in [2.75, 3.05) is 6.54 Å². The number of hydrogen-bond acceptors (Lipinski definition) is 1. The van der Waals surface area contributed by atoms with Crippen molar-refractivity contribution < 1.29 is 0 Å². The standard InChI is InChI=1S/C13H20BrN/c1-3-10-15-11(2)4-5-12-6-8-13(14)9-7-12/h6-9,11,15H,3-5,10H2,1-2H3. The first kappa shape index (κ1) is 12.7. The molecule has 1 unspecified atom stereocenters. The summed E-state index contributed by atoms with van der Waals surface area (Å²) in [4.78, 5) is 0. The predicted octanol–water partition coefficient (Wildman–Crippen LogP) is 3.77. The molecule has 1 aromatic carbocycles. The van der Waals surface area contributed by atoms with E-state index in [1.54, 1.807) is 0 Å². The van der Waals surface area contributed by atoms with Crippen molar-refractivity contribution in [3.8, 4) is 0 Å². The number of rotatable bonds is 6. The van der Waals surface area contributed by atoms with Crippen LogP contribution in [0.4, 0.5) is 0 Å². The van der Waals surface area contributed by atoms with Crippen LogP contribution in [-0.4, -0.2) is 12.6 Å². The molecule has 1 atom stereocenters. The summed E-state index contributed by atoms with van der Waals surface area (Å²) in [6.45, 7) is 5.59. The quantitative estimate of drug-likeness (QED) is 0.829. The highest BCUT2D eigenvalue weighted by Crippen LogP contribution is 2.12. The molecule has 0 amide bonds. The predicted molar refractivity (Wildman–Crippen MR) is 70.2 cm³/mol. The van der Waals surface area contributed by atoms with Gasteiger partial charge in [-0.05, 0) is 50.4 Å². The minimum absolute atomic E-state index is 0.619. The highest BCUT2D eigenvalue weighted by molar-refractivity contribution is 9.10. The van der Waals surface area contributed by atoms with Crippen LogP contribution in [0.1, 0.15) is 32.3 Å². The van der Waals surface area contributed by atoms with Crippen LogP contribution in [0, 0.1) is 0 Å². The molecule has 0 spiro atoms. The minimum atomic E-state index is 0.619. The van der Waals surface area contributed by atoms with E-state index >= 15 is 0 Å². The summed E-state index contributed by atoms with van der Waals surface area (Å²) < 4.78 is 1.16. The lowest BCUT2D eigenvalue weighted by Gasteiger charge is -2.12. The first-order valence-electron chi connectivity index (χ1n) is 5.70. The van der Waals surface area contributed by atoms with Gasteiger partial charge in [-0.25, -0.2) is 0 Å². The third-order valence-electron chi connectivity index (χ3n) is 2.52. The largest absolute Gasteiger partial charge is 0.314 e. The molecule has 1 rings (SSSR count). The third kappa shape index (κ3) is 5.33. The van der Waals surface area contributed by atoms with Gasteiger partial charge in [0.05, 0.1) is 0 Å². The van der Waals surface area contributed by atoms with E-state index in [1.807, 2.05) is 0 Å². The molecule has 1 nitrogen and oxygen atoms in total. The van der Waals surface area contributed by atoms with E-state index in [-0.39, 0.29) is 0 Å². The van der Waals surface area contributed by atoms with Crippen LogP contribution in [0.5, 0.6) is 0 Å². The number of hydrogen-bond donors (Lipinski definition) is 1. The second kappa shape index (κ2) is 7.02. The molecule has 0 fully saturated rings. The first-order chi connectivity index (χ1) is 7.22. The monoisotopic (exact) mass is 269 g/mol. The smallest absolute Gasteiger partial charge is 0.0175 e. The van der Waals surface area contributed by atoms with Gasteiger partial charge >= 0.3 is 0 Å². The van der Waals surface area contributed by atoms with Crippen molar-refractivity contribution >= 4 is 15.9 Å². The summed E-state index contributed by atoms with van der Waals surface area (Å²) in [5.74, 6) is 0. The molecule has 0 aliphatic carbocycles. The molecule has 0 aliphatic heterocycles. The zero-order valence-corrected chi connectivity index (χ0v) is 11.2. The SMILES string of the molecule is CCCNC(C)CCc1ccc(Br)cc1. The van der Waals surface area contributed by atoms with Gasteiger partial charge in [0.1, 0.15) is 0 Å². The van der Waals surface area contributed by atoms with Crippen molar-refractivity contribution in [3.05, 3.63) is 34.3 Å². The fourth-order valence-electron chi connectivity index (χ4n) is 1.53. The molecule has 0 radical (unpaired) electrons. The van der Waals surface area contributed by atoms with E-state index in [0.717, 1.165) is 17.4 Å². The number of halogens is 1. The molecule has 1 aromatic rings. The Balaban J connectivity index is 2.27. The molecule has 2 heteroatoms.